The Balaban J connectivity index is 1.43. The number of carbonyl (C=O) groups excluding carboxylic acids is 3. The van der Waals surface area contributed by atoms with Crippen LogP contribution in [0.3, 0.4) is 0 Å². The van der Waals surface area contributed by atoms with Crippen LogP contribution in [0.15, 0.2) is 24.3 Å². The number of carbonyl (C=O) groups is 3. The molecule has 2 N–H and O–H groups in total. The number of hydrogen-bond donors (Lipinski definition) is 2. The van der Waals surface area contributed by atoms with Crippen LogP contribution >= 0.6 is 23.2 Å². The van der Waals surface area contributed by atoms with E-state index in [4.69, 9.17) is 32.7 Å². The molecule has 1 unspecified atom stereocenters. The SMILES string of the molecule is CC1c2c(Cl)cc(Cl)cc2CCN1C(=O)CNc1cc(NC(=O)[C@H]2CN(C(=O)OC(C)(C)C)CCO2)c(C#N)cc1F. The van der Waals surface area contributed by atoms with E-state index in [-0.39, 0.29) is 55.1 Å². The van der Waals surface area contributed by atoms with Crippen LogP contribution in [0, 0.1) is 17.1 Å². The highest BCUT2D eigenvalue weighted by Gasteiger charge is 2.33. The third-order valence-corrected chi connectivity index (χ3v) is 7.46. The lowest BCUT2D eigenvalue weighted by molar-refractivity contribution is -0.133. The molecule has 10 nitrogen and oxygen atoms in total. The van der Waals surface area contributed by atoms with Crippen molar-refractivity contribution in [3.05, 3.63) is 56.8 Å². The van der Waals surface area contributed by atoms with Crippen molar-refractivity contribution < 1.29 is 28.2 Å². The number of benzene rings is 2. The number of morpholine rings is 1. The molecule has 1 saturated heterocycles. The minimum absolute atomic E-state index is 0.0285. The van der Waals surface area contributed by atoms with E-state index in [1.54, 1.807) is 31.7 Å². The minimum atomic E-state index is -1.04. The van der Waals surface area contributed by atoms with E-state index in [9.17, 15) is 24.0 Å². The second-order valence-corrected chi connectivity index (χ2v) is 11.9. The Morgan fingerprint density at radius 1 is 1.17 bits per heavy atom. The molecule has 1 fully saturated rings. The first-order valence-corrected chi connectivity index (χ1v) is 14.2. The number of nitriles is 1. The van der Waals surface area contributed by atoms with Crippen molar-refractivity contribution in [1.82, 2.24) is 9.80 Å². The molecule has 0 spiro atoms. The number of fused-ring (bicyclic) bond motifs is 1. The van der Waals surface area contributed by atoms with Gasteiger partial charge in [0.1, 0.15) is 17.5 Å². The summed E-state index contributed by atoms with van der Waals surface area (Å²) in [5, 5.41) is 15.9. The quantitative estimate of drug-likeness (QED) is 0.475. The van der Waals surface area contributed by atoms with Crippen LogP contribution in [0.4, 0.5) is 20.6 Å². The molecule has 0 aliphatic carbocycles. The fourth-order valence-electron chi connectivity index (χ4n) is 4.93. The number of hydrogen-bond acceptors (Lipinski definition) is 7. The molecule has 4 rings (SSSR count). The van der Waals surface area contributed by atoms with Gasteiger partial charge in [-0.2, -0.15) is 5.26 Å². The monoisotopic (exact) mass is 619 g/mol. The Morgan fingerprint density at radius 3 is 2.60 bits per heavy atom. The molecular weight excluding hydrogens is 588 g/mol. The highest BCUT2D eigenvalue weighted by molar-refractivity contribution is 6.35. The zero-order valence-electron chi connectivity index (χ0n) is 23.7. The fraction of sp³-hybridized carbons (Fsp3) is 0.448. The largest absolute Gasteiger partial charge is 0.444 e. The van der Waals surface area contributed by atoms with E-state index in [0.717, 1.165) is 17.2 Å². The molecule has 0 radical (unpaired) electrons. The van der Waals surface area contributed by atoms with Crippen LogP contribution in [0.25, 0.3) is 0 Å². The molecule has 2 aromatic carbocycles. The van der Waals surface area contributed by atoms with Crippen LogP contribution in [-0.2, 0) is 25.5 Å². The third-order valence-electron chi connectivity index (χ3n) is 6.93. The molecule has 3 amide bonds. The summed E-state index contributed by atoms with van der Waals surface area (Å²) in [6.45, 7) is 7.59. The van der Waals surface area contributed by atoms with Gasteiger partial charge in [0.25, 0.3) is 5.91 Å². The van der Waals surface area contributed by atoms with Crippen molar-refractivity contribution in [3.8, 4) is 6.07 Å². The van der Waals surface area contributed by atoms with E-state index in [2.05, 4.69) is 10.6 Å². The van der Waals surface area contributed by atoms with Gasteiger partial charge < -0.3 is 29.9 Å². The smallest absolute Gasteiger partial charge is 0.410 e. The maximum atomic E-state index is 14.9. The van der Waals surface area contributed by atoms with E-state index >= 15 is 0 Å². The van der Waals surface area contributed by atoms with Crippen molar-refractivity contribution in [2.75, 3.05) is 43.4 Å². The molecule has 0 bridgehead atoms. The summed E-state index contributed by atoms with van der Waals surface area (Å²) >= 11 is 12.5. The van der Waals surface area contributed by atoms with Crippen LogP contribution < -0.4 is 10.6 Å². The summed E-state index contributed by atoms with van der Waals surface area (Å²) in [5.74, 6) is -1.67. The van der Waals surface area contributed by atoms with Gasteiger partial charge in [0.15, 0.2) is 6.10 Å². The van der Waals surface area contributed by atoms with Crippen LogP contribution in [0.1, 0.15) is 50.4 Å². The number of ether oxygens (including phenoxy) is 2. The third kappa shape index (κ3) is 7.24. The Morgan fingerprint density at radius 2 is 1.90 bits per heavy atom. The molecule has 0 saturated carbocycles. The predicted octanol–water partition coefficient (Wildman–Crippen LogP) is 5.14. The van der Waals surface area contributed by atoms with E-state index < -0.39 is 29.5 Å². The van der Waals surface area contributed by atoms with Gasteiger partial charge in [-0.15, -0.1) is 0 Å². The highest BCUT2D eigenvalue weighted by atomic mass is 35.5. The van der Waals surface area contributed by atoms with E-state index in [0.29, 0.717) is 23.0 Å². The fourth-order valence-corrected chi connectivity index (χ4v) is 5.63. The van der Waals surface area contributed by atoms with Gasteiger partial charge in [-0.25, -0.2) is 9.18 Å². The summed E-state index contributed by atoms with van der Waals surface area (Å²) in [6, 6.07) is 7.25. The second kappa shape index (κ2) is 12.7. The molecule has 0 aromatic heterocycles. The van der Waals surface area contributed by atoms with Crippen LogP contribution in [0.5, 0.6) is 0 Å². The van der Waals surface area contributed by atoms with E-state index in [1.165, 1.54) is 11.0 Å². The molecule has 224 valence electrons. The Hall–Kier alpha value is -3.59. The van der Waals surface area contributed by atoms with Crippen molar-refractivity contribution >= 4 is 52.5 Å². The Kier molecular flexibility index (Phi) is 9.50. The molecule has 2 aromatic rings. The van der Waals surface area contributed by atoms with Gasteiger partial charge >= 0.3 is 6.09 Å². The summed E-state index contributed by atoms with van der Waals surface area (Å²) in [6.07, 6.45) is -1.04. The number of nitrogens with one attached hydrogen (secondary N) is 2. The average molecular weight is 621 g/mol. The number of amides is 3. The van der Waals surface area contributed by atoms with Gasteiger partial charge in [-0.1, -0.05) is 23.2 Å². The molecule has 13 heteroatoms. The molecule has 2 aliphatic rings. The molecular formula is C29H32Cl2FN5O5. The zero-order chi connectivity index (χ0) is 30.8. The van der Waals surface area contributed by atoms with Gasteiger partial charge in [0.2, 0.25) is 5.91 Å². The maximum absolute atomic E-state index is 14.9. The molecule has 2 heterocycles. The van der Waals surface area contributed by atoms with Crippen molar-refractivity contribution in [3.63, 3.8) is 0 Å². The molecule has 42 heavy (non-hydrogen) atoms. The molecule has 2 atom stereocenters. The first-order chi connectivity index (χ1) is 19.8. The highest BCUT2D eigenvalue weighted by Crippen LogP contribution is 2.37. The summed E-state index contributed by atoms with van der Waals surface area (Å²) in [4.78, 5) is 41.6. The van der Waals surface area contributed by atoms with Gasteiger partial charge in [0.05, 0.1) is 42.7 Å². The van der Waals surface area contributed by atoms with Crippen molar-refractivity contribution in [2.45, 2.75) is 51.9 Å². The Bertz CT molecular complexity index is 1440. The van der Waals surface area contributed by atoms with Crippen molar-refractivity contribution in [1.29, 1.82) is 5.26 Å². The lowest BCUT2D eigenvalue weighted by atomic mass is 9.93. The second-order valence-electron chi connectivity index (χ2n) is 11.1. The molecule has 2 aliphatic heterocycles. The first-order valence-electron chi connectivity index (χ1n) is 13.4. The Labute approximate surface area is 253 Å². The number of anilines is 2. The topological polar surface area (TPSA) is 124 Å². The maximum Gasteiger partial charge on any atom is 0.410 e. The van der Waals surface area contributed by atoms with E-state index in [1.807, 2.05) is 19.1 Å². The van der Waals surface area contributed by atoms with Crippen LogP contribution in [0.2, 0.25) is 10.0 Å². The zero-order valence-corrected chi connectivity index (χ0v) is 25.2. The van der Waals surface area contributed by atoms with Crippen LogP contribution in [-0.4, -0.2) is 72.2 Å². The van der Waals surface area contributed by atoms with Gasteiger partial charge in [-0.3, -0.25) is 9.59 Å². The minimum Gasteiger partial charge on any atom is -0.444 e. The number of nitrogens with zero attached hydrogens (tertiary/aromatic N) is 3. The number of rotatable bonds is 5. The van der Waals surface area contributed by atoms with Crippen molar-refractivity contribution in [2.24, 2.45) is 0 Å². The first kappa shape index (κ1) is 31.3. The van der Waals surface area contributed by atoms with Gasteiger partial charge in [0, 0.05) is 23.1 Å². The normalized spacial score (nSPS) is 18.5. The predicted molar refractivity (Wildman–Crippen MR) is 156 cm³/mol. The standard InChI is InChI=1S/C29H32Cl2FN5O5/c1-16-26-17(9-19(30)11-20(26)31)5-6-37(16)25(38)14-34-23-12-22(18(13-33)10-21(23)32)35-27(39)24-15-36(7-8-41-24)28(40)42-29(2,3)4/h9-12,16,24,34H,5-8,14-15H2,1-4H3,(H,35,39)/t16?,24-/m1/s1. The average Bonchev–Trinajstić information content (AvgIpc) is 2.91. The summed E-state index contributed by atoms with van der Waals surface area (Å²) < 4.78 is 25.8. The summed E-state index contributed by atoms with van der Waals surface area (Å²) in [5.41, 5.74) is 0.934. The van der Waals surface area contributed by atoms with Gasteiger partial charge in [-0.05, 0) is 69.5 Å². The lowest BCUT2D eigenvalue weighted by Gasteiger charge is -2.36. The lowest BCUT2D eigenvalue weighted by Crippen LogP contribution is -2.51. The number of halogens is 3. The summed E-state index contributed by atoms with van der Waals surface area (Å²) in [7, 11) is 0.